The summed E-state index contributed by atoms with van der Waals surface area (Å²) in [5.41, 5.74) is 2.27. The SMILES string of the molecule is COc1ccc(CN(C(=O)c2ccc(CS(=O)(=O)c3ccccc3)cc2)C(C)C2CC2)cc1. The van der Waals surface area contributed by atoms with Crippen LogP contribution < -0.4 is 4.74 Å². The predicted molar refractivity (Wildman–Crippen MR) is 129 cm³/mol. The number of benzene rings is 3. The quantitative estimate of drug-likeness (QED) is 0.442. The highest BCUT2D eigenvalue weighted by molar-refractivity contribution is 7.90. The van der Waals surface area contributed by atoms with E-state index in [0.29, 0.717) is 28.5 Å². The van der Waals surface area contributed by atoms with Crippen molar-refractivity contribution in [3.63, 3.8) is 0 Å². The third-order valence-corrected chi connectivity index (χ3v) is 7.93. The van der Waals surface area contributed by atoms with Crippen LogP contribution in [-0.2, 0) is 22.1 Å². The third kappa shape index (κ3) is 5.63. The monoisotopic (exact) mass is 463 g/mol. The molecule has 0 N–H and O–H groups in total. The van der Waals surface area contributed by atoms with E-state index in [-0.39, 0.29) is 17.7 Å². The molecule has 1 atom stereocenters. The summed E-state index contributed by atoms with van der Waals surface area (Å²) in [6.45, 7) is 2.63. The molecule has 3 aromatic rings. The summed E-state index contributed by atoms with van der Waals surface area (Å²) in [6.07, 6.45) is 2.29. The number of nitrogens with zero attached hydrogens (tertiary/aromatic N) is 1. The Hall–Kier alpha value is -3.12. The molecule has 1 amide bonds. The first-order valence-electron chi connectivity index (χ1n) is 11.2. The summed E-state index contributed by atoms with van der Waals surface area (Å²) in [4.78, 5) is 15.7. The topological polar surface area (TPSA) is 63.7 Å². The number of rotatable bonds is 9. The summed E-state index contributed by atoms with van der Waals surface area (Å²) in [5, 5.41) is 0. The van der Waals surface area contributed by atoms with Gasteiger partial charge in [-0.05, 0) is 73.2 Å². The van der Waals surface area contributed by atoms with Crippen molar-refractivity contribution in [2.75, 3.05) is 7.11 Å². The Morgan fingerprint density at radius 1 is 0.939 bits per heavy atom. The number of ether oxygens (including phenoxy) is 1. The molecule has 0 aliphatic heterocycles. The molecule has 1 saturated carbocycles. The summed E-state index contributed by atoms with van der Waals surface area (Å²) in [7, 11) is -1.80. The minimum atomic E-state index is -3.43. The lowest BCUT2D eigenvalue weighted by Gasteiger charge is -2.30. The first-order valence-corrected chi connectivity index (χ1v) is 12.8. The van der Waals surface area contributed by atoms with Crippen LogP contribution in [-0.4, -0.2) is 32.4 Å². The summed E-state index contributed by atoms with van der Waals surface area (Å²) < 4.78 is 30.6. The molecule has 4 rings (SSSR count). The van der Waals surface area contributed by atoms with Crippen LogP contribution in [0.4, 0.5) is 0 Å². The van der Waals surface area contributed by atoms with E-state index in [0.717, 1.165) is 24.2 Å². The van der Waals surface area contributed by atoms with Gasteiger partial charge < -0.3 is 9.64 Å². The van der Waals surface area contributed by atoms with Gasteiger partial charge in [0.25, 0.3) is 5.91 Å². The predicted octanol–water partition coefficient (Wildman–Crippen LogP) is 5.11. The molecule has 172 valence electrons. The van der Waals surface area contributed by atoms with Crippen molar-refractivity contribution in [1.82, 2.24) is 4.90 Å². The molecular formula is C27H29NO4S. The second kappa shape index (κ2) is 9.79. The molecule has 5 nitrogen and oxygen atoms in total. The Kier molecular flexibility index (Phi) is 6.84. The Bertz CT molecular complexity index is 1190. The van der Waals surface area contributed by atoms with E-state index in [9.17, 15) is 13.2 Å². The molecule has 1 fully saturated rings. The minimum Gasteiger partial charge on any atom is -0.497 e. The molecule has 0 radical (unpaired) electrons. The molecule has 0 heterocycles. The van der Waals surface area contributed by atoms with Crippen LogP contribution in [0, 0.1) is 5.92 Å². The van der Waals surface area contributed by atoms with Gasteiger partial charge in [0.1, 0.15) is 5.75 Å². The lowest BCUT2D eigenvalue weighted by Crippen LogP contribution is -2.39. The van der Waals surface area contributed by atoms with E-state index in [1.807, 2.05) is 29.2 Å². The van der Waals surface area contributed by atoms with Crippen LogP contribution in [0.2, 0.25) is 0 Å². The lowest BCUT2D eigenvalue weighted by molar-refractivity contribution is 0.0654. The third-order valence-electron chi connectivity index (χ3n) is 6.23. The second-order valence-corrected chi connectivity index (χ2v) is 10.6. The number of methoxy groups -OCH3 is 1. The van der Waals surface area contributed by atoms with E-state index in [2.05, 4.69) is 6.92 Å². The van der Waals surface area contributed by atoms with Crippen molar-refractivity contribution in [1.29, 1.82) is 0 Å². The molecule has 1 unspecified atom stereocenters. The Labute approximate surface area is 195 Å². The first kappa shape index (κ1) is 23.1. The zero-order chi connectivity index (χ0) is 23.4. The molecule has 33 heavy (non-hydrogen) atoms. The molecule has 0 bridgehead atoms. The van der Waals surface area contributed by atoms with Gasteiger partial charge in [-0.2, -0.15) is 0 Å². The van der Waals surface area contributed by atoms with Crippen LogP contribution in [0.5, 0.6) is 5.75 Å². The van der Waals surface area contributed by atoms with E-state index < -0.39 is 9.84 Å². The van der Waals surface area contributed by atoms with E-state index in [4.69, 9.17) is 4.74 Å². The summed E-state index contributed by atoms with van der Waals surface area (Å²) in [6, 6.07) is 23.3. The fourth-order valence-electron chi connectivity index (χ4n) is 4.00. The maximum absolute atomic E-state index is 13.4. The van der Waals surface area contributed by atoms with Gasteiger partial charge in [-0.25, -0.2) is 8.42 Å². The molecule has 6 heteroatoms. The normalized spacial score (nSPS) is 14.5. The Balaban J connectivity index is 1.51. The number of carbonyl (C=O) groups excluding carboxylic acids is 1. The average Bonchev–Trinajstić information content (AvgIpc) is 3.69. The molecule has 0 saturated heterocycles. The van der Waals surface area contributed by atoms with Gasteiger partial charge in [-0.15, -0.1) is 0 Å². The Morgan fingerprint density at radius 2 is 1.55 bits per heavy atom. The molecule has 0 spiro atoms. The largest absolute Gasteiger partial charge is 0.497 e. The van der Waals surface area contributed by atoms with Crippen molar-refractivity contribution in [2.24, 2.45) is 5.92 Å². The maximum Gasteiger partial charge on any atom is 0.254 e. The smallest absolute Gasteiger partial charge is 0.254 e. The van der Waals surface area contributed by atoms with E-state index >= 15 is 0 Å². The standard InChI is InChI=1S/C27H29NO4S/c1-20(23-14-15-23)28(18-21-10-16-25(32-2)17-11-21)27(29)24-12-8-22(9-13-24)19-33(30,31)26-6-4-3-5-7-26/h3-13,16-17,20,23H,14-15,18-19H2,1-2H3. The van der Waals surface area contributed by atoms with Crippen molar-refractivity contribution in [2.45, 2.75) is 43.0 Å². The molecule has 1 aliphatic carbocycles. The number of amides is 1. The van der Waals surface area contributed by atoms with Gasteiger partial charge in [0, 0.05) is 18.2 Å². The van der Waals surface area contributed by atoms with Crippen molar-refractivity contribution in [3.8, 4) is 5.75 Å². The van der Waals surface area contributed by atoms with Crippen molar-refractivity contribution >= 4 is 15.7 Å². The lowest BCUT2D eigenvalue weighted by atomic mass is 10.1. The summed E-state index contributed by atoms with van der Waals surface area (Å²) in [5.74, 6) is 1.18. The highest BCUT2D eigenvalue weighted by Crippen LogP contribution is 2.36. The zero-order valence-electron chi connectivity index (χ0n) is 19.0. The number of sulfone groups is 1. The number of hydrogen-bond donors (Lipinski definition) is 0. The number of hydrogen-bond acceptors (Lipinski definition) is 4. The van der Waals surface area contributed by atoms with Crippen molar-refractivity contribution in [3.05, 3.63) is 95.6 Å². The highest BCUT2D eigenvalue weighted by atomic mass is 32.2. The van der Waals surface area contributed by atoms with Crippen molar-refractivity contribution < 1.29 is 17.9 Å². The molecule has 0 aromatic heterocycles. The van der Waals surface area contributed by atoms with Crippen LogP contribution >= 0.6 is 0 Å². The van der Waals surface area contributed by atoms with Gasteiger partial charge >= 0.3 is 0 Å². The van der Waals surface area contributed by atoms with Crippen LogP contribution in [0.1, 0.15) is 41.3 Å². The molecule has 3 aromatic carbocycles. The zero-order valence-corrected chi connectivity index (χ0v) is 19.8. The molecular weight excluding hydrogens is 434 g/mol. The van der Waals surface area contributed by atoms with Gasteiger partial charge in [0.05, 0.1) is 17.8 Å². The van der Waals surface area contributed by atoms with E-state index in [1.54, 1.807) is 61.7 Å². The van der Waals surface area contributed by atoms with E-state index in [1.165, 1.54) is 0 Å². The number of carbonyl (C=O) groups is 1. The van der Waals surface area contributed by atoms with Crippen LogP contribution in [0.15, 0.2) is 83.8 Å². The maximum atomic E-state index is 13.4. The van der Waals surface area contributed by atoms with Crippen LogP contribution in [0.25, 0.3) is 0 Å². The Morgan fingerprint density at radius 3 is 2.12 bits per heavy atom. The van der Waals surface area contributed by atoms with Gasteiger partial charge in [0.2, 0.25) is 0 Å². The fraction of sp³-hybridized carbons (Fsp3) is 0.296. The summed E-state index contributed by atoms with van der Waals surface area (Å²) >= 11 is 0. The second-order valence-electron chi connectivity index (χ2n) is 8.63. The average molecular weight is 464 g/mol. The van der Waals surface area contributed by atoms with Gasteiger partial charge in [0.15, 0.2) is 9.84 Å². The van der Waals surface area contributed by atoms with Gasteiger partial charge in [-0.3, -0.25) is 4.79 Å². The molecule has 1 aliphatic rings. The van der Waals surface area contributed by atoms with Crippen LogP contribution in [0.3, 0.4) is 0 Å². The van der Waals surface area contributed by atoms with Gasteiger partial charge in [-0.1, -0.05) is 42.5 Å². The first-order chi connectivity index (χ1) is 15.9. The fourth-order valence-corrected chi connectivity index (χ4v) is 5.37. The highest BCUT2D eigenvalue weighted by Gasteiger charge is 2.34. The minimum absolute atomic E-state index is 0.0392.